The van der Waals surface area contributed by atoms with E-state index < -0.39 is 0 Å². The summed E-state index contributed by atoms with van der Waals surface area (Å²) >= 11 is 5.90. The minimum absolute atomic E-state index is 0.0357. The van der Waals surface area contributed by atoms with Crippen LogP contribution in [0.1, 0.15) is 17.3 Å². The summed E-state index contributed by atoms with van der Waals surface area (Å²) in [6.45, 7) is 4.31. The number of halogens is 1. The first-order chi connectivity index (χ1) is 7.68. The van der Waals surface area contributed by atoms with Crippen molar-refractivity contribution in [3.63, 3.8) is 0 Å². The minimum atomic E-state index is -0.0357. The zero-order valence-corrected chi connectivity index (χ0v) is 9.87. The molecule has 86 valence electrons. The van der Waals surface area contributed by atoms with Crippen LogP contribution in [0.5, 0.6) is 0 Å². The summed E-state index contributed by atoms with van der Waals surface area (Å²) < 4.78 is 0. The Labute approximate surface area is 99.6 Å². The second-order valence-corrected chi connectivity index (χ2v) is 4.31. The lowest BCUT2D eigenvalue weighted by molar-refractivity contribution is 0.0709. The fraction of sp³-hybridized carbons (Fsp3) is 0.455. The van der Waals surface area contributed by atoms with Gasteiger partial charge in [-0.2, -0.15) is 0 Å². The minimum Gasteiger partial charge on any atom is -0.336 e. The Bertz CT molecular complexity index is 397. The number of aromatic nitrogens is 1. The van der Waals surface area contributed by atoms with E-state index >= 15 is 0 Å². The highest BCUT2D eigenvalue weighted by molar-refractivity contribution is 6.32. The van der Waals surface area contributed by atoms with E-state index in [-0.39, 0.29) is 11.1 Å². The molecule has 1 aliphatic heterocycles. The highest BCUT2D eigenvalue weighted by Gasteiger charge is 2.23. The van der Waals surface area contributed by atoms with E-state index in [1.54, 1.807) is 18.3 Å². The van der Waals surface area contributed by atoms with Gasteiger partial charge >= 0.3 is 0 Å². The van der Waals surface area contributed by atoms with Crippen LogP contribution < -0.4 is 5.32 Å². The number of hydrogen-bond donors (Lipinski definition) is 1. The van der Waals surface area contributed by atoms with Gasteiger partial charge in [0.15, 0.2) is 0 Å². The first-order valence-electron chi connectivity index (χ1n) is 5.31. The van der Waals surface area contributed by atoms with Gasteiger partial charge in [-0.15, -0.1) is 0 Å². The SMILES string of the molecule is C[C@H]1CN(C(=O)c2cccnc2Cl)CCN1. The molecule has 2 rings (SSSR count). The Hall–Kier alpha value is -1.13. The zero-order chi connectivity index (χ0) is 11.5. The lowest BCUT2D eigenvalue weighted by Gasteiger charge is -2.32. The van der Waals surface area contributed by atoms with Crippen molar-refractivity contribution in [1.29, 1.82) is 0 Å². The highest BCUT2D eigenvalue weighted by Crippen LogP contribution is 2.15. The Morgan fingerprint density at radius 1 is 1.69 bits per heavy atom. The van der Waals surface area contributed by atoms with Crippen LogP contribution in [0, 0.1) is 0 Å². The summed E-state index contributed by atoms with van der Waals surface area (Å²) in [5.41, 5.74) is 0.485. The van der Waals surface area contributed by atoms with E-state index in [1.165, 1.54) is 0 Å². The van der Waals surface area contributed by atoms with Crippen molar-refractivity contribution < 1.29 is 4.79 Å². The number of nitrogens with one attached hydrogen (secondary N) is 1. The third kappa shape index (κ3) is 2.33. The Kier molecular flexibility index (Phi) is 3.41. The summed E-state index contributed by atoms with van der Waals surface area (Å²) in [5, 5.41) is 3.57. The number of rotatable bonds is 1. The highest BCUT2D eigenvalue weighted by atomic mass is 35.5. The van der Waals surface area contributed by atoms with Crippen molar-refractivity contribution in [2.75, 3.05) is 19.6 Å². The van der Waals surface area contributed by atoms with Crippen LogP contribution in [0.4, 0.5) is 0 Å². The van der Waals surface area contributed by atoms with E-state index in [1.807, 2.05) is 4.90 Å². The number of pyridine rings is 1. The summed E-state index contributed by atoms with van der Waals surface area (Å²) in [4.78, 5) is 17.9. The fourth-order valence-corrected chi connectivity index (χ4v) is 2.03. The molecule has 1 N–H and O–H groups in total. The molecule has 1 aliphatic rings. The molecule has 1 saturated heterocycles. The van der Waals surface area contributed by atoms with Crippen LogP contribution in [0.15, 0.2) is 18.3 Å². The van der Waals surface area contributed by atoms with E-state index in [2.05, 4.69) is 17.2 Å². The van der Waals surface area contributed by atoms with Gasteiger partial charge in [0, 0.05) is 31.9 Å². The maximum Gasteiger partial charge on any atom is 0.257 e. The molecule has 0 bridgehead atoms. The molecule has 4 nitrogen and oxygen atoms in total. The van der Waals surface area contributed by atoms with Crippen molar-refractivity contribution in [2.45, 2.75) is 13.0 Å². The topological polar surface area (TPSA) is 45.2 Å². The molecule has 1 atom stereocenters. The van der Waals surface area contributed by atoms with Crippen LogP contribution >= 0.6 is 11.6 Å². The Morgan fingerprint density at radius 3 is 3.19 bits per heavy atom. The number of hydrogen-bond acceptors (Lipinski definition) is 3. The van der Waals surface area contributed by atoms with Crippen LogP contribution in [0.25, 0.3) is 0 Å². The smallest absolute Gasteiger partial charge is 0.257 e. The maximum absolute atomic E-state index is 12.1. The molecule has 1 aromatic rings. The van der Waals surface area contributed by atoms with Crippen LogP contribution in [-0.4, -0.2) is 41.5 Å². The largest absolute Gasteiger partial charge is 0.336 e. The quantitative estimate of drug-likeness (QED) is 0.749. The number of piperazine rings is 1. The van der Waals surface area contributed by atoms with Gasteiger partial charge in [-0.25, -0.2) is 4.98 Å². The molecule has 0 aliphatic carbocycles. The predicted molar refractivity (Wildman–Crippen MR) is 62.6 cm³/mol. The van der Waals surface area contributed by atoms with E-state index in [0.29, 0.717) is 24.7 Å². The number of carbonyl (C=O) groups excluding carboxylic acids is 1. The van der Waals surface area contributed by atoms with Gasteiger partial charge in [0.05, 0.1) is 5.56 Å². The standard InChI is InChI=1S/C11H14ClN3O/c1-8-7-15(6-5-13-8)11(16)9-3-2-4-14-10(9)12/h2-4,8,13H,5-7H2,1H3/t8-/m0/s1. The molecule has 2 heterocycles. The van der Waals surface area contributed by atoms with Gasteiger partial charge in [0.2, 0.25) is 0 Å². The molecule has 1 amide bonds. The Morgan fingerprint density at radius 2 is 2.50 bits per heavy atom. The first kappa shape index (κ1) is 11.4. The summed E-state index contributed by atoms with van der Waals surface area (Å²) in [7, 11) is 0. The second-order valence-electron chi connectivity index (χ2n) is 3.95. The summed E-state index contributed by atoms with van der Waals surface area (Å²) in [6.07, 6.45) is 1.58. The fourth-order valence-electron chi connectivity index (χ4n) is 1.83. The number of amides is 1. The van der Waals surface area contributed by atoms with E-state index in [9.17, 15) is 4.79 Å². The Balaban J connectivity index is 2.16. The maximum atomic E-state index is 12.1. The molecule has 1 aromatic heterocycles. The average molecular weight is 240 g/mol. The summed E-state index contributed by atoms with van der Waals surface area (Å²) in [5.74, 6) is -0.0357. The molecule has 0 spiro atoms. The molecule has 1 fully saturated rings. The van der Waals surface area contributed by atoms with Crippen molar-refractivity contribution in [2.24, 2.45) is 0 Å². The molecular weight excluding hydrogens is 226 g/mol. The van der Waals surface area contributed by atoms with Crippen molar-refractivity contribution in [3.05, 3.63) is 29.0 Å². The molecule has 0 aromatic carbocycles. The van der Waals surface area contributed by atoms with Gasteiger partial charge in [0.25, 0.3) is 5.91 Å². The van der Waals surface area contributed by atoms with Crippen LogP contribution in [0.3, 0.4) is 0 Å². The van der Waals surface area contributed by atoms with E-state index in [4.69, 9.17) is 11.6 Å². The molecule has 0 radical (unpaired) electrons. The van der Waals surface area contributed by atoms with E-state index in [0.717, 1.165) is 6.54 Å². The van der Waals surface area contributed by atoms with Gasteiger partial charge in [-0.1, -0.05) is 11.6 Å². The monoisotopic (exact) mass is 239 g/mol. The zero-order valence-electron chi connectivity index (χ0n) is 9.11. The van der Waals surface area contributed by atoms with Gasteiger partial charge < -0.3 is 10.2 Å². The third-order valence-electron chi connectivity index (χ3n) is 2.65. The van der Waals surface area contributed by atoms with Crippen LogP contribution in [0.2, 0.25) is 5.15 Å². The van der Waals surface area contributed by atoms with Crippen LogP contribution in [-0.2, 0) is 0 Å². The lowest BCUT2D eigenvalue weighted by atomic mass is 10.2. The van der Waals surface area contributed by atoms with Crippen molar-refractivity contribution in [1.82, 2.24) is 15.2 Å². The molecule has 5 heteroatoms. The normalized spacial score (nSPS) is 20.9. The van der Waals surface area contributed by atoms with Gasteiger partial charge in [0.1, 0.15) is 5.15 Å². The predicted octanol–water partition coefficient (Wildman–Crippen LogP) is 1.17. The molecule has 0 unspecified atom stereocenters. The average Bonchev–Trinajstić information content (AvgIpc) is 2.29. The number of nitrogens with zero attached hydrogens (tertiary/aromatic N) is 2. The lowest BCUT2D eigenvalue weighted by Crippen LogP contribution is -2.51. The summed E-state index contributed by atoms with van der Waals surface area (Å²) in [6, 6.07) is 3.77. The van der Waals surface area contributed by atoms with Crippen molar-refractivity contribution in [3.8, 4) is 0 Å². The molecular formula is C11H14ClN3O. The molecule has 16 heavy (non-hydrogen) atoms. The third-order valence-corrected chi connectivity index (χ3v) is 2.95. The molecule has 0 saturated carbocycles. The van der Waals surface area contributed by atoms with Gasteiger partial charge in [-0.3, -0.25) is 4.79 Å². The van der Waals surface area contributed by atoms with Crippen molar-refractivity contribution >= 4 is 17.5 Å². The first-order valence-corrected chi connectivity index (χ1v) is 5.69. The second kappa shape index (κ2) is 4.80. The number of carbonyl (C=O) groups is 1. The van der Waals surface area contributed by atoms with Gasteiger partial charge in [-0.05, 0) is 19.1 Å².